The number of anilines is 1. The lowest BCUT2D eigenvalue weighted by molar-refractivity contribution is 0.0696. The van der Waals surface area contributed by atoms with Crippen molar-refractivity contribution < 1.29 is 15.0 Å². The molecule has 0 aromatic carbocycles. The molecule has 0 saturated heterocycles. The summed E-state index contributed by atoms with van der Waals surface area (Å²) in [5, 5.41) is 18.4. The highest BCUT2D eigenvalue weighted by molar-refractivity contribution is 6.29. The van der Waals surface area contributed by atoms with Gasteiger partial charge in [-0.05, 0) is 25.0 Å². The zero-order valence-electron chi connectivity index (χ0n) is 10.5. The van der Waals surface area contributed by atoms with Crippen LogP contribution in [0.25, 0.3) is 0 Å². The van der Waals surface area contributed by atoms with Crippen molar-refractivity contribution in [2.75, 3.05) is 18.1 Å². The summed E-state index contributed by atoms with van der Waals surface area (Å²) in [6, 6.07) is 3.15. The summed E-state index contributed by atoms with van der Waals surface area (Å²) in [5.74, 6) is -0.494. The molecule has 1 heterocycles. The maximum absolute atomic E-state index is 11.1. The van der Waals surface area contributed by atoms with Gasteiger partial charge in [-0.1, -0.05) is 24.4 Å². The predicted molar refractivity (Wildman–Crippen MR) is 72.9 cm³/mol. The van der Waals surface area contributed by atoms with Crippen LogP contribution in [0.4, 0.5) is 5.82 Å². The molecule has 19 heavy (non-hydrogen) atoms. The van der Waals surface area contributed by atoms with Gasteiger partial charge < -0.3 is 15.1 Å². The second-order valence-corrected chi connectivity index (χ2v) is 5.08. The van der Waals surface area contributed by atoms with Gasteiger partial charge in [0, 0.05) is 12.6 Å². The highest BCUT2D eigenvalue weighted by Gasteiger charge is 2.24. The molecule has 0 aliphatic heterocycles. The van der Waals surface area contributed by atoms with Crippen LogP contribution in [0, 0.1) is 0 Å². The van der Waals surface area contributed by atoms with Gasteiger partial charge >= 0.3 is 5.97 Å². The Morgan fingerprint density at radius 1 is 1.42 bits per heavy atom. The normalized spacial score (nSPS) is 15.7. The molecule has 2 rings (SSSR count). The average molecular weight is 285 g/mol. The number of aromatic nitrogens is 1. The zero-order chi connectivity index (χ0) is 13.8. The van der Waals surface area contributed by atoms with Crippen LogP contribution in [-0.4, -0.2) is 40.4 Å². The summed E-state index contributed by atoms with van der Waals surface area (Å²) in [4.78, 5) is 17.2. The van der Waals surface area contributed by atoms with Crippen molar-refractivity contribution >= 4 is 23.4 Å². The standard InChI is InChI=1S/C13H17ClN2O3/c14-11-7-9(13(18)19)8-12(15-11)16(5-6-17)10-3-1-2-4-10/h7-8,10,17H,1-6H2,(H,18,19). The molecule has 0 spiro atoms. The molecule has 0 atom stereocenters. The lowest BCUT2D eigenvalue weighted by Gasteiger charge is -2.29. The van der Waals surface area contributed by atoms with E-state index in [4.69, 9.17) is 16.7 Å². The van der Waals surface area contributed by atoms with Crippen molar-refractivity contribution in [3.8, 4) is 0 Å². The second kappa shape index (κ2) is 6.21. The predicted octanol–water partition coefficient (Wildman–Crippen LogP) is 2.17. The minimum Gasteiger partial charge on any atom is -0.478 e. The van der Waals surface area contributed by atoms with E-state index < -0.39 is 5.97 Å². The van der Waals surface area contributed by atoms with Gasteiger partial charge in [-0.3, -0.25) is 0 Å². The van der Waals surface area contributed by atoms with Gasteiger partial charge in [-0.25, -0.2) is 9.78 Å². The number of aliphatic hydroxyl groups is 1. The van der Waals surface area contributed by atoms with Crippen molar-refractivity contribution in [3.05, 3.63) is 22.8 Å². The molecule has 0 bridgehead atoms. The number of carbonyl (C=O) groups is 1. The average Bonchev–Trinajstić information content (AvgIpc) is 2.88. The molecule has 5 nitrogen and oxygen atoms in total. The number of nitrogens with zero attached hydrogens (tertiary/aromatic N) is 2. The van der Waals surface area contributed by atoms with E-state index in [2.05, 4.69) is 4.98 Å². The first kappa shape index (κ1) is 14.1. The molecule has 1 aliphatic rings. The fraction of sp³-hybridized carbons (Fsp3) is 0.538. The van der Waals surface area contributed by atoms with Crippen LogP contribution in [-0.2, 0) is 0 Å². The van der Waals surface area contributed by atoms with Crippen molar-refractivity contribution in [3.63, 3.8) is 0 Å². The number of aliphatic hydroxyl groups excluding tert-OH is 1. The summed E-state index contributed by atoms with van der Waals surface area (Å²) >= 11 is 5.88. The zero-order valence-corrected chi connectivity index (χ0v) is 11.3. The Hall–Kier alpha value is -1.33. The van der Waals surface area contributed by atoms with E-state index in [1.807, 2.05) is 4.90 Å². The summed E-state index contributed by atoms with van der Waals surface area (Å²) < 4.78 is 0. The quantitative estimate of drug-likeness (QED) is 0.811. The van der Waals surface area contributed by atoms with Gasteiger partial charge in [0.05, 0.1) is 12.2 Å². The van der Waals surface area contributed by atoms with E-state index in [0.717, 1.165) is 25.7 Å². The lowest BCUT2D eigenvalue weighted by Crippen LogP contribution is -2.36. The molecule has 2 N–H and O–H groups in total. The Bertz CT molecular complexity index is 461. The van der Waals surface area contributed by atoms with Crippen molar-refractivity contribution in [2.24, 2.45) is 0 Å². The van der Waals surface area contributed by atoms with Crippen LogP contribution in [0.15, 0.2) is 12.1 Å². The Morgan fingerprint density at radius 2 is 2.11 bits per heavy atom. The van der Waals surface area contributed by atoms with Crippen LogP contribution < -0.4 is 4.90 Å². The van der Waals surface area contributed by atoms with Gasteiger partial charge in [0.2, 0.25) is 0 Å². The van der Waals surface area contributed by atoms with E-state index in [0.29, 0.717) is 18.4 Å². The van der Waals surface area contributed by atoms with Gasteiger partial charge in [-0.2, -0.15) is 0 Å². The van der Waals surface area contributed by atoms with Crippen LogP contribution in [0.1, 0.15) is 36.0 Å². The molecule has 0 radical (unpaired) electrons. The van der Waals surface area contributed by atoms with E-state index in [-0.39, 0.29) is 17.3 Å². The summed E-state index contributed by atoms with van der Waals surface area (Å²) in [5.41, 5.74) is 0.121. The number of carboxylic acids is 1. The molecule has 1 aliphatic carbocycles. The molecule has 6 heteroatoms. The molecule has 1 aromatic heterocycles. The Labute approximate surface area is 116 Å². The number of hydrogen-bond donors (Lipinski definition) is 2. The van der Waals surface area contributed by atoms with Crippen LogP contribution in [0.3, 0.4) is 0 Å². The van der Waals surface area contributed by atoms with Crippen molar-refractivity contribution in [1.82, 2.24) is 4.98 Å². The van der Waals surface area contributed by atoms with E-state index in [1.165, 1.54) is 12.1 Å². The molecule has 0 amide bonds. The van der Waals surface area contributed by atoms with Crippen molar-refractivity contribution in [2.45, 2.75) is 31.7 Å². The highest BCUT2D eigenvalue weighted by atomic mass is 35.5. The van der Waals surface area contributed by atoms with Crippen LogP contribution in [0.5, 0.6) is 0 Å². The topological polar surface area (TPSA) is 73.7 Å². The van der Waals surface area contributed by atoms with Gasteiger partial charge in [-0.15, -0.1) is 0 Å². The van der Waals surface area contributed by atoms with Gasteiger partial charge in [0.15, 0.2) is 0 Å². The molecule has 104 valence electrons. The largest absolute Gasteiger partial charge is 0.478 e. The van der Waals surface area contributed by atoms with Gasteiger partial charge in [0.1, 0.15) is 11.0 Å². The molecule has 0 unspecified atom stereocenters. The Morgan fingerprint density at radius 3 is 2.68 bits per heavy atom. The molecular formula is C13H17ClN2O3. The third-order valence-corrected chi connectivity index (χ3v) is 3.62. The van der Waals surface area contributed by atoms with Crippen LogP contribution >= 0.6 is 11.6 Å². The van der Waals surface area contributed by atoms with Gasteiger partial charge in [0.25, 0.3) is 0 Å². The number of halogens is 1. The fourth-order valence-electron chi connectivity index (χ4n) is 2.56. The monoisotopic (exact) mass is 284 g/mol. The maximum atomic E-state index is 11.1. The number of rotatable bonds is 5. The second-order valence-electron chi connectivity index (χ2n) is 4.70. The lowest BCUT2D eigenvalue weighted by atomic mass is 10.2. The third kappa shape index (κ3) is 3.36. The smallest absolute Gasteiger partial charge is 0.335 e. The SMILES string of the molecule is O=C(O)c1cc(Cl)nc(N(CCO)C2CCCC2)c1. The first-order chi connectivity index (χ1) is 9.11. The number of hydrogen-bond acceptors (Lipinski definition) is 4. The maximum Gasteiger partial charge on any atom is 0.335 e. The first-order valence-electron chi connectivity index (χ1n) is 6.40. The Balaban J connectivity index is 2.32. The number of aromatic carboxylic acids is 1. The van der Waals surface area contributed by atoms with E-state index in [9.17, 15) is 9.90 Å². The minimum absolute atomic E-state index is 0.00704. The van der Waals surface area contributed by atoms with Crippen LogP contribution in [0.2, 0.25) is 5.15 Å². The number of carboxylic acid groups (broad SMARTS) is 1. The molecule has 1 aromatic rings. The summed E-state index contributed by atoms with van der Waals surface area (Å²) in [6.45, 7) is 0.449. The molecule has 1 fully saturated rings. The molecular weight excluding hydrogens is 268 g/mol. The third-order valence-electron chi connectivity index (χ3n) is 3.43. The fourth-order valence-corrected chi connectivity index (χ4v) is 2.77. The number of pyridine rings is 1. The first-order valence-corrected chi connectivity index (χ1v) is 6.78. The van der Waals surface area contributed by atoms with E-state index >= 15 is 0 Å². The highest BCUT2D eigenvalue weighted by Crippen LogP contribution is 2.28. The van der Waals surface area contributed by atoms with E-state index in [1.54, 1.807) is 0 Å². The van der Waals surface area contributed by atoms with Crippen molar-refractivity contribution in [1.29, 1.82) is 0 Å². The summed E-state index contributed by atoms with van der Waals surface area (Å²) in [6.07, 6.45) is 4.38. The Kier molecular flexibility index (Phi) is 4.61. The minimum atomic E-state index is -1.03. The molecule has 1 saturated carbocycles. The summed E-state index contributed by atoms with van der Waals surface area (Å²) in [7, 11) is 0.